The minimum Gasteiger partial charge on any atom is -0.381 e. The van der Waals surface area contributed by atoms with Gasteiger partial charge in [-0.1, -0.05) is 6.07 Å². The molecule has 0 heterocycles. The van der Waals surface area contributed by atoms with Crippen molar-refractivity contribution in [3.05, 3.63) is 35.1 Å². The molecule has 1 aromatic carbocycles. The van der Waals surface area contributed by atoms with E-state index in [1.54, 1.807) is 12.1 Å². The van der Waals surface area contributed by atoms with Crippen molar-refractivity contribution in [2.24, 2.45) is 5.92 Å². The second-order valence-corrected chi connectivity index (χ2v) is 5.76. The fourth-order valence-corrected chi connectivity index (χ4v) is 2.78. The summed E-state index contributed by atoms with van der Waals surface area (Å²) in [5.74, 6) is 0.734. The van der Waals surface area contributed by atoms with Crippen molar-refractivity contribution in [1.29, 1.82) is 0 Å². The summed E-state index contributed by atoms with van der Waals surface area (Å²) in [7, 11) is 0. The van der Waals surface area contributed by atoms with Gasteiger partial charge in [-0.25, -0.2) is 4.39 Å². The first kappa shape index (κ1) is 13.1. The van der Waals surface area contributed by atoms with Crippen LogP contribution in [0.3, 0.4) is 0 Å². The molecule has 0 bridgehead atoms. The number of hydrogen-bond acceptors (Lipinski definition) is 2. The van der Waals surface area contributed by atoms with Crippen LogP contribution in [0.2, 0.25) is 0 Å². The van der Waals surface area contributed by atoms with Gasteiger partial charge in [0.1, 0.15) is 5.82 Å². The predicted octanol–water partition coefficient (Wildman–Crippen LogP) is 3.22. The molecule has 0 saturated heterocycles. The second-order valence-electron chi connectivity index (χ2n) is 5.76. The fourth-order valence-electron chi connectivity index (χ4n) is 2.78. The third-order valence-corrected chi connectivity index (χ3v) is 4.09. The largest absolute Gasteiger partial charge is 0.381 e. The molecule has 1 atom stereocenters. The summed E-state index contributed by atoms with van der Waals surface area (Å²) in [6.07, 6.45) is 5.84. The maximum atomic E-state index is 13.1. The average molecular weight is 263 g/mol. The van der Waals surface area contributed by atoms with Gasteiger partial charge in [-0.05, 0) is 67.8 Å². The number of benzene rings is 1. The molecule has 1 saturated carbocycles. The molecule has 104 valence electrons. The monoisotopic (exact) mass is 263 g/mol. The van der Waals surface area contributed by atoms with Gasteiger partial charge in [0.15, 0.2) is 0 Å². The number of fused-ring (bicyclic) bond motifs is 1. The van der Waals surface area contributed by atoms with Gasteiger partial charge in [0.05, 0.1) is 0 Å². The standard InChI is InChI=1S/C16H22FNO/c17-14-5-6-15-13(10-14)4-7-16(15)18-8-1-9-19-11-12-2-3-12/h5-6,10,12,16,18H,1-4,7-9,11H2. The summed E-state index contributed by atoms with van der Waals surface area (Å²) < 4.78 is 18.7. The van der Waals surface area contributed by atoms with E-state index in [1.165, 1.54) is 24.0 Å². The van der Waals surface area contributed by atoms with Gasteiger partial charge in [0, 0.05) is 19.3 Å². The molecular formula is C16H22FNO. The molecule has 1 fully saturated rings. The zero-order valence-electron chi connectivity index (χ0n) is 11.3. The highest BCUT2D eigenvalue weighted by atomic mass is 19.1. The fraction of sp³-hybridized carbons (Fsp3) is 0.625. The van der Waals surface area contributed by atoms with E-state index in [0.717, 1.165) is 44.9 Å². The Morgan fingerprint density at radius 3 is 3.00 bits per heavy atom. The van der Waals surface area contributed by atoms with E-state index >= 15 is 0 Å². The van der Waals surface area contributed by atoms with Crippen LogP contribution in [0.15, 0.2) is 18.2 Å². The Hall–Kier alpha value is -0.930. The Morgan fingerprint density at radius 2 is 2.16 bits per heavy atom. The van der Waals surface area contributed by atoms with Crippen LogP contribution in [0.25, 0.3) is 0 Å². The van der Waals surface area contributed by atoms with Crippen molar-refractivity contribution in [1.82, 2.24) is 5.32 Å². The van der Waals surface area contributed by atoms with Crippen molar-refractivity contribution in [3.8, 4) is 0 Å². The van der Waals surface area contributed by atoms with Gasteiger partial charge in [-0.15, -0.1) is 0 Å². The first-order valence-electron chi connectivity index (χ1n) is 7.42. The highest BCUT2D eigenvalue weighted by Gasteiger charge is 2.22. The molecule has 0 radical (unpaired) electrons. The van der Waals surface area contributed by atoms with Gasteiger partial charge in [-0.2, -0.15) is 0 Å². The Bertz CT molecular complexity index is 431. The molecule has 1 N–H and O–H groups in total. The third-order valence-electron chi connectivity index (χ3n) is 4.09. The Labute approximate surface area is 114 Å². The van der Waals surface area contributed by atoms with E-state index in [1.807, 2.05) is 6.07 Å². The van der Waals surface area contributed by atoms with Gasteiger partial charge >= 0.3 is 0 Å². The SMILES string of the molecule is Fc1ccc2c(c1)CCC2NCCCOCC1CC1. The number of ether oxygens (including phenoxy) is 1. The van der Waals surface area contributed by atoms with E-state index < -0.39 is 0 Å². The van der Waals surface area contributed by atoms with Gasteiger partial charge in [0.25, 0.3) is 0 Å². The Kier molecular flexibility index (Phi) is 4.14. The number of hydrogen-bond donors (Lipinski definition) is 1. The van der Waals surface area contributed by atoms with Crippen molar-refractivity contribution < 1.29 is 9.13 Å². The lowest BCUT2D eigenvalue weighted by molar-refractivity contribution is 0.121. The topological polar surface area (TPSA) is 21.3 Å². The molecule has 3 heteroatoms. The molecule has 2 nitrogen and oxygen atoms in total. The number of rotatable bonds is 7. The molecule has 2 aliphatic carbocycles. The Balaban J connectivity index is 1.37. The van der Waals surface area contributed by atoms with Crippen LogP contribution in [0.4, 0.5) is 4.39 Å². The smallest absolute Gasteiger partial charge is 0.123 e. The predicted molar refractivity (Wildman–Crippen MR) is 73.6 cm³/mol. The quantitative estimate of drug-likeness (QED) is 0.763. The first-order valence-corrected chi connectivity index (χ1v) is 7.42. The normalized spacial score (nSPS) is 21.6. The molecular weight excluding hydrogens is 241 g/mol. The van der Waals surface area contributed by atoms with Crippen LogP contribution in [0.1, 0.15) is 42.9 Å². The molecule has 3 rings (SSSR count). The van der Waals surface area contributed by atoms with Crippen molar-refractivity contribution in [2.75, 3.05) is 19.8 Å². The van der Waals surface area contributed by atoms with Gasteiger partial charge in [0.2, 0.25) is 0 Å². The lowest BCUT2D eigenvalue weighted by Gasteiger charge is -2.14. The van der Waals surface area contributed by atoms with Crippen LogP contribution in [-0.2, 0) is 11.2 Å². The number of nitrogens with one attached hydrogen (secondary N) is 1. The second kappa shape index (κ2) is 6.02. The molecule has 1 aromatic rings. The van der Waals surface area contributed by atoms with E-state index in [0.29, 0.717) is 6.04 Å². The molecule has 0 amide bonds. The number of halogens is 1. The summed E-state index contributed by atoms with van der Waals surface area (Å²) in [5.41, 5.74) is 2.45. The maximum absolute atomic E-state index is 13.1. The first-order chi connectivity index (χ1) is 9.33. The number of aryl methyl sites for hydroxylation is 1. The van der Waals surface area contributed by atoms with E-state index in [4.69, 9.17) is 4.74 Å². The van der Waals surface area contributed by atoms with E-state index in [9.17, 15) is 4.39 Å². The highest BCUT2D eigenvalue weighted by Crippen LogP contribution is 2.31. The highest BCUT2D eigenvalue weighted by molar-refractivity contribution is 5.34. The van der Waals surface area contributed by atoms with Crippen molar-refractivity contribution in [3.63, 3.8) is 0 Å². The molecule has 0 spiro atoms. The molecule has 1 unspecified atom stereocenters. The van der Waals surface area contributed by atoms with Gasteiger partial charge < -0.3 is 10.1 Å². The molecule has 0 aromatic heterocycles. The minimum atomic E-state index is -0.118. The lowest BCUT2D eigenvalue weighted by Crippen LogP contribution is -2.21. The van der Waals surface area contributed by atoms with Gasteiger partial charge in [-0.3, -0.25) is 0 Å². The van der Waals surface area contributed by atoms with E-state index in [2.05, 4.69) is 5.32 Å². The third kappa shape index (κ3) is 3.54. The van der Waals surface area contributed by atoms with Crippen molar-refractivity contribution in [2.45, 2.75) is 38.1 Å². The van der Waals surface area contributed by atoms with E-state index in [-0.39, 0.29) is 5.82 Å². The van der Waals surface area contributed by atoms with Crippen LogP contribution in [0.5, 0.6) is 0 Å². The zero-order chi connectivity index (χ0) is 13.1. The summed E-state index contributed by atoms with van der Waals surface area (Å²) in [6.45, 7) is 2.78. The van der Waals surface area contributed by atoms with Crippen molar-refractivity contribution >= 4 is 0 Å². The Morgan fingerprint density at radius 1 is 1.26 bits per heavy atom. The van der Waals surface area contributed by atoms with Crippen LogP contribution in [0, 0.1) is 11.7 Å². The summed E-state index contributed by atoms with van der Waals surface area (Å²) in [4.78, 5) is 0. The summed E-state index contributed by atoms with van der Waals surface area (Å²) >= 11 is 0. The lowest BCUT2D eigenvalue weighted by atomic mass is 10.1. The average Bonchev–Trinajstić information content (AvgIpc) is 3.15. The maximum Gasteiger partial charge on any atom is 0.123 e. The van der Waals surface area contributed by atoms with Crippen LogP contribution < -0.4 is 5.32 Å². The molecule has 19 heavy (non-hydrogen) atoms. The summed E-state index contributed by atoms with van der Waals surface area (Å²) in [6, 6.07) is 5.57. The zero-order valence-corrected chi connectivity index (χ0v) is 11.3. The minimum absolute atomic E-state index is 0.118. The molecule has 0 aliphatic heterocycles. The summed E-state index contributed by atoms with van der Waals surface area (Å²) in [5, 5.41) is 3.56. The molecule has 2 aliphatic rings. The van der Waals surface area contributed by atoms with Crippen LogP contribution in [-0.4, -0.2) is 19.8 Å². The van der Waals surface area contributed by atoms with Crippen LogP contribution >= 0.6 is 0 Å².